The van der Waals surface area contributed by atoms with E-state index in [9.17, 15) is 5.11 Å². The zero-order valence-electron chi connectivity index (χ0n) is 23.9. The average molecular weight is 508 g/mol. The summed E-state index contributed by atoms with van der Waals surface area (Å²) < 4.78 is 5.14. The van der Waals surface area contributed by atoms with Crippen LogP contribution in [0.1, 0.15) is 46.6 Å². The number of aromatic amines is 1. The molecule has 37 heavy (non-hydrogen) atoms. The van der Waals surface area contributed by atoms with Gasteiger partial charge in [-0.2, -0.15) is 0 Å². The second-order valence-corrected chi connectivity index (χ2v) is 8.57. The van der Waals surface area contributed by atoms with Crippen molar-refractivity contribution >= 4 is 10.9 Å². The molecule has 4 rings (SSSR count). The Kier molecular flexibility index (Phi) is 19.2. The second kappa shape index (κ2) is 21.0. The van der Waals surface area contributed by atoms with E-state index in [1.54, 1.807) is 7.11 Å². The van der Waals surface area contributed by atoms with Gasteiger partial charge in [0, 0.05) is 23.8 Å². The molecule has 5 N–H and O–H groups in total. The van der Waals surface area contributed by atoms with Gasteiger partial charge < -0.3 is 25.9 Å². The number of para-hydroxylation sites is 1. The Morgan fingerprint density at radius 1 is 0.865 bits per heavy atom. The van der Waals surface area contributed by atoms with Crippen LogP contribution in [0, 0.1) is 0 Å². The Labute approximate surface area is 225 Å². The largest absolute Gasteiger partial charge is 0.497 e. The van der Waals surface area contributed by atoms with Crippen molar-refractivity contribution in [2.24, 2.45) is 5.73 Å². The molecular formula is C32H49N3O2. The van der Waals surface area contributed by atoms with E-state index in [4.69, 9.17) is 4.74 Å². The number of hydrogen-bond acceptors (Lipinski definition) is 4. The molecular weight excluding hydrogens is 458 g/mol. The molecule has 0 aliphatic rings. The van der Waals surface area contributed by atoms with Crippen LogP contribution in [0.5, 0.6) is 5.75 Å². The summed E-state index contributed by atoms with van der Waals surface area (Å²) in [6.07, 6.45) is 3.39. The minimum absolute atomic E-state index is 0.0231. The predicted molar refractivity (Wildman–Crippen MR) is 161 cm³/mol. The molecule has 5 nitrogen and oxygen atoms in total. The zero-order chi connectivity index (χ0) is 27.9. The fourth-order valence-corrected chi connectivity index (χ4v) is 3.23. The number of benzene rings is 3. The number of ether oxygens (including phenoxy) is 1. The molecule has 4 aromatic rings. The third kappa shape index (κ3) is 15.6. The van der Waals surface area contributed by atoms with Crippen LogP contribution in [0.15, 0.2) is 97.2 Å². The second-order valence-electron chi connectivity index (χ2n) is 8.57. The quantitative estimate of drug-likeness (QED) is 0.221. The first-order valence-corrected chi connectivity index (χ1v) is 13.1. The first-order chi connectivity index (χ1) is 17.9. The van der Waals surface area contributed by atoms with Crippen LogP contribution in [0.25, 0.3) is 10.9 Å². The first kappa shape index (κ1) is 33.9. The van der Waals surface area contributed by atoms with E-state index >= 15 is 0 Å². The maximum atomic E-state index is 9.58. The van der Waals surface area contributed by atoms with Gasteiger partial charge in [0.2, 0.25) is 0 Å². The number of methoxy groups -OCH3 is 1. The van der Waals surface area contributed by atoms with Gasteiger partial charge in [-0.25, -0.2) is 0 Å². The number of H-pyrrole nitrogens is 1. The molecule has 1 atom stereocenters. The number of β-amino-alcohol motifs (C(OH)–C–C–N with tert-alkyl or cyclic N) is 1. The van der Waals surface area contributed by atoms with Crippen molar-refractivity contribution in [3.8, 4) is 5.75 Å². The highest BCUT2D eigenvalue weighted by atomic mass is 16.5. The van der Waals surface area contributed by atoms with E-state index in [0.717, 1.165) is 18.6 Å². The average Bonchev–Trinajstić information content (AvgIpc) is 3.45. The summed E-state index contributed by atoms with van der Waals surface area (Å²) in [5, 5.41) is 14.3. The van der Waals surface area contributed by atoms with E-state index in [0.29, 0.717) is 6.54 Å². The van der Waals surface area contributed by atoms with Crippen molar-refractivity contribution in [2.45, 2.75) is 59.1 Å². The van der Waals surface area contributed by atoms with Gasteiger partial charge in [-0.15, -0.1) is 0 Å². The van der Waals surface area contributed by atoms with Gasteiger partial charge in [-0.3, -0.25) is 0 Å². The third-order valence-corrected chi connectivity index (χ3v) is 5.22. The topological polar surface area (TPSA) is 83.3 Å². The van der Waals surface area contributed by atoms with Crippen LogP contribution in [0.4, 0.5) is 0 Å². The van der Waals surface area contributed by atoms with Gasteiger partial charge >= 0.3 is 0 Å². The van der Waals surface area contributed by atoms with Crippen LogP contribution in [0.3, 0.4) is 0 Å². The molecule has 0 saturated carbocycles. The lowest BCUT2D eigenvalue weighted by Crippen LogP contribution is -2.44. The maximum absolute atomic E-state index is 9.58. The summed E-state index contributed by atoms with van der Waals surface area (Å²) >= 11 is 0. The Hall–Kier alpha value is -3.12. The number of hydrogen-bond donors (Lipinski definition) is 4. The van der Waals surface area contributed by atoms with Crippen molar-refractivity contribution < 1.29 is 9.84 Å². The molecule has 204 valence electrons. The SMILES string of the molecule is CC.CC[C@@H](O)CNC(C)(C)Cc1ccc(OC)cc1.CN.c1ccc2[nH]ccc2c1.c1ccccc1. The highest BCUT2D eigenvalue weighted by molar-refractivity contribution is 5.78. The monoisotopic (exact) mass is 507 g/mol. The Bertz CT molecular complexity index is 958. The standard InChI is InChI=1S/C15H25NO2.C8H7N.C6H6.C2H6.CH5N/c1-5-13(17)11-16-15(2,3)10-12-6-8-14(18-4)9-7-12;1-2-4-8-7(3-1)5-6-9-8;1-2-4-6-5-3-1;2*1-2/h6-9,13,16-17H,5,10-11H2,1-4H3;1-6,9H;1-6H;1-2H3;2H2,1H3/t13-;;;;/m1..../s1. The molecule has 3 aromatic carbocycles. The van der Waals surface area contributed by atoms with Crippen molar-refractivity contribution in [3.63, 3.8) is 0 Å². The summed E-state index contributed by atoms with van der Waals surface area (Å²) in [5.74, 6) is 0.880. The Morgan fingerprint density at radius 3 is 1.89 bits per heavy atom. The molecule has 0 spiro atoms. The number of aliphatic hydroxyl groups is 1. The van der Waals surface area contributed by atoms with Gasteiger partial charge in [0.25, 0.3) is 0 Å². The summed E-state index contributed by atoms with van der Waals surface area (Å²) in [7, 11) is 3.17. The summed E-state index contributed by atoms with van der Waals surface area (Å²) in [6, 6.07) is 30.4. The minimum atomic E-state index is -0.264. The predicted octanol–water partition coefficient (Wildman–Crippen LogP) is 6.83. The molecule has 0 radical (unpaired) electrons. The molecule has 0 aliphatic carbocycles. The van der Waals surface area contributed by atoms with Crippen molar-refractivity contribution in [3.05, 3.63) is 103 Å². The molecule has 0 unspecified atom stereocenters. The molecule has 5 heteroatoms. The van der Waals surface area contributed by atoms with E-state index in [-0.39, 0.29) is 11.6 Å². The fraction of sp³-hybridized carbons (Fsp3) is 0.375. The number of nitrogens with one attached hydrogen (secondary N) is 2. The smallest absolute Gasteiger partial charge is 0.118 e. The van der Waals surface area contributed by atoms with Crippen LogP contribution in [-0.2, 0) is 6.42 Å². The van der Waals surface area contributed by atoms with Gasteiger partial charge in [0.1, 0.15) is 5.75 Å². The normalized spacial score (nSPS) is 10.6. The maximum Gasteiger partial charge on any atom is 0.118 e. The first-order valence-electron chi connectivity index (χ1n) is 13.1. The zero-order valence-corrected chi connectivity index (χ0v) is 23.9. The summed E-state index contributed by atoms with van der Waals surface area (Å²) in [5.41, 5.74) is 6.95. The molecule has 1 heterocycles. The van der Waals surface area contributed by atoms with Crippen molar-refractivity contribution in [1.29, 1.82) is 0 Å². The fourth-order valence-electron chi connectivity index (χ4n) is 3.23. The van der Waals surface area contributed by atoms with Crippen molar-refractivity contribution in [1.82, 2.24) is 10.3 Å². The summed E-state index contributed by atoms with van der Waals surface area (Å²) in [4.78, 5) is 3.12. The highest BCUT2D eigenvalue weighted by Crippen LogP contribution is 2.17. The van der Waals surface area contributed by atoms with E-state index in [1.165, 1.54) is 23.5 Å². The number of fused-ring (bicyclic) bond motifs is 1. The van der Waals surface area contributed by atoms with Crippen LogP contribution in [-0.4, -0.2) is 42.4 Å². The lowest BCUT2D eigenvalue weighted by atomic mass is 9.94. The summed E-state index contributed by atoms with van der Waals surface area (Å²) in [6.45, 7) is 10.9. The van der Waals surface area contributed by atoms with E-state index < -0.39 is 0 Å². The Balaban J connectivity index is 0.000000560. The number of aromatic nitrogens is 1. The van der Waals surface area contributed by atoms with E-state index in [2.05, 4.69) is 60.2 Å². The number of rotatable bonds is 7. The van der Waals surface area contributed by atoms with Gasteiger partial charge in [0.15, 0.2) is 0 Å². The van der Waals surface area contributed by atoms with E-state index in [1.807, 2.05) is 87.6 Å². The van der Waals surface area contributed by atoms with Gasteiger partial charge in [-0.05, 0) is 69.0 Å². The Morgan fingerprint density at radius 2 is 1.41 bits per heavy atom. The van der Waals surface area contributed by atoms with Crippen LogP contribution in [0.2, 0.25) is 0 Å². The lowest BCUT2D eigenvalue weighted by Gasteiger charge is -2.28. The minimum Gasteiger partial charge on any atom is -0.497 e. The third-order valence-electron chi connectivity index (χ3n) is 5.22. The lowest BCUT2D eigenvalue weighted by molar-refractivity contribution is 0.154. The number of nitrogens with two attached hydrogens (primary N) is 1. The van der Waals surface area contributed by atoms with Gasteiger partial charge in [-0.1, -0.05) is 87.5 Å². The molecule has 0 saturated heterocycles. The molecule has 0 aliphatic heterocycles. The van der Waals surface area contributed by atoms with Gasteiger partial charge in [0.05, 0.1) is 13.2 Å². The van der Waals surface area contributed by atoms with Crippen LogP contribution >= 0.6 is 0 Å². The highest BCUT2D eigenvalue weighted by Gasteiger charge is 2.18. The van der Waals surface area contributed by atoms with Crippen LogP contribution < -0.4 is 15.8 Å². The molecule has 0 amide bonds. The molecule has 0 fully saturated rings. The van der Waals surface area contributed by atoms with Crippen molar-refractivity contribution in [2.75, 3.05) is 20.7 Å². The molecule has 0 bridgehead atoms. The molecule has 1 aromatic heterocycles. The number of aliphatic hydroxyl groups excluding tert-OH is 1.